The van der Waals surface area contributed by atoms with Crippen LogP contribution in [0.3, 0.4) is 0 Å². The van der Waals surface area contributed by atoms with Crippen LogP contribution in [0.4, 0.5) is 0 Å². The van der Waals surface area contributed by atoms with E-state index < -0.39 is 17.8 Å². The highest BCUT2D eigenvalue weighted by Crippen LogP contribution is 2.25. The number of nitrogens with zero attached hydrogens (tertiary/aromatic N) is 1. The van der Waals surface area contributed by atoms with E-state index in [9.17, 15) is 9.00 Å². The topological polar surface area (TPSA) is 46.5 Å². The third-order valence-electron chi connectivity index (χ3n) is 3.10. The quantitative estimate of drug-likeness (QED) is 0.703. The molecular weight excluding hydrogens is 226 g/mol. The van der Waals surface area contributed by atoms with Crippen LogP contribution in [0.5, 0.6) is 0 Å². The molecule has 0 aromatic rings. The molecule has 0 aromatic heterocycles. The smallest absolute Gasteiger partial charge is 0.251 e. The van der Waals surface area contributed by atoms with Gasteiger partial charge < -0.3 is 0 Å². The minimum atomic E-state index is -2.27. The lowest BCUT2D eigenvalue weighted by Crippen LogP contribution is -2.33. The molecule has 0 spiro atoms. The molecule has 0 radical (unpaired) electrons. The van der Waals surface area contributed by atoms with Crippen LogP contribution >= 0.6 is 0 Å². The van der Waals surface area contributed by atoms with Gasteiger partial charge in [-0.2, -0.15) is 4.36 Å². The Morgan fingerprint density at radius 3 is 1.80 bits per heavy atom. The van der Waals surface area contributed by atoms with E-state index >= 15 is 0 Å². The molecule has 0 aliphatic carbocycles. The molecule has 0 rings (SSSR count). The Morgan fingerprint density at radius 2 is 1.53 bits per heavy atom. The summed E-state index contributed by atoms with van der Waals surface area (Å²) in [7, 11) is -3.72. The molecule has 0 atom stereocenters. The molecule has 0 saturated heterocycles. The van der Waals surface area contributed by atoms with Crippen molar-refractivity contribution < 1.29 is 9.00 Å². The first-order valence-corrected chi connectivity index (χ1v) is 10.6. The number of rotatable bonds is 5. The van der Waals surface area contributed by atoms with Crippen molar-refractivity contribution in [2.45, 2.75) is 44.9 Å². The maximum atomic E-state index is 11.6. The summed E-state index contributed by atoms with van der Waals surface area (Å²) in [6, 6.07) is 3.89. The van der Waals surface area contributed by atoms with Crippen LogP contribution in [-0.4, -0.2) is 30.7 Å². The lowest BCUT2D eigenvalue weighted by molar-refractivity contribution is -0.115. The first-order valence-electron chi connectivity index (χ1n) is 5.48. The summed E-state index contributed by atoms with van der Waals surface area (Å²) in [5.74, 6) is -0.151. The molecule has 90 valence electrons. The summed E-state index contributed by atoms with van der Waals surface area (Å²) in [4.78, 5) is 11.6. The summed E-state index contributed by atoms with van der Waals surface area (Å²) in [5, 5.41) is 0. The molecule has 0 saturated carbocycles. The Balaban J connectivity index is 4.72. The summed E-state index contributed by atoms with van der Waals surface area (Å²) in [6.07, 6.45) is 3.02. The Labute approximate surface area is 94.8 Å². The third kappa shape index (κ3) is 5.46. The molecule has 3 nitrogen and oxygen atoms in total. The molecule has 5 heteroatoms. The van der Waals surface area contributed by atoms with Gasteiger partial charge in [0.25, 0.3) is 5.91 Å². The van der Waals surface area contributed by atoms with Crippen LogP contribution in [0.25, 0.3) is 0 Å². The minimum absolute atomic E-state index is 0.151. The molecule has 0 heterocycles. The molecule has 0 aromatic carbocycles. The Kier molecular flexibility index (Phi) is 5.73. The molecule has 0 unspecified atom stereocenters. The van der Waals surface area contributed by atoms with Crippen molar-refractivity contribution in [3.8, 4) is 0 Å². The average molecular weight is 249 g/mol. The van der Waals surface area contributed by atoms with Crippen LogP contribution in [0, 0.1) is 0 Å². The molecule has 0 N–H and O–H groups in total. The van der Waals surface area contributed by atoms with Gasteiger partial charge in [-0.25, -0.2) is 4.21 Å². The predicted octanol–water partition coefficient (Wildman–Crippen LogP) is 2.75. The molecule has 0 aliphatic rings. The van der Waals surface area contributed by atoms with Gasteiger partial charge in [-0.05, 0) is 0 Å². The second-order valence-electron chi connectivity index (χ2n) is 4.40. The minimum Gasteiger partial charge on any atom is -0.272 e. The predicted molar refractivity (Wildman–Crippen MR) is 69.4 cm³/mol. The fraction of sp³-hybridized carbons (Fsp3) is 0.900. The lowest BCUT2D eigenvalue weighted by Gasteiger charge is -2.26. The summed E-state index contributed by atoms with van der Waals surface area (Å²) in [5.41, 5.74) is 0. The largest absolute Gasteiger partial charge is 0.272 e. The molecule has 0 aliphatic heterocycles. The summed E-state index contributed by atoms with van der Waals surface area (Å²) >= 11 is 0. The Bertz CT molecular complexity index is 312. The molecule has 1 amide bonds. The molecule has 0 fully saturated rings. The fourth-order valence-electron chi connectivity index (χ4n) is 1.72. The Morgan fingerprint density at radius 1 is 1.13 bits per heavy atom. The number of hydrogen-bond donors (Lipinski definition) is 0. The van der Waals surface area contributed by atoms with E-state index in [1.807, 2.05) is 0 Å². The number of amides is 1. The normalized spacial score (nSPS) is 12.6. The molecular formula is C10H23NO2SSi. The summed E-state index contributed by atoms with van der Waals surface area (Å²) in [6.45, 7) is 6.46. The molecule has 0 bridgehead atoms. The monoisotopic (exact) mass is 249 g/mol. The van der Waals surface area contributed by atoms with Gasteiger partial charge in [-0.15, -0.1) is 0 Å². The Hall–Kier alpha value is -0.163. The van der Waals surface area contributed by atoms with Crippen molar-refractivity contribution in [2.75, 3.05) is 12.5 Å². The first-order chi connectivity index (χ1) is 6.78. The van der Waals surface area contributed by atoms with Gasteiger partial charge in [0.05, 0.1) is 8.07 Å². The highest BCUT2D eigenvalue weighted by molar-refractivity contribution is 7.92. The van der Waals surface area contributed by atoms with Crippen LogP contribution in [0.1, 0.15) is 20.8 Å². The zero-order valence-electron chi connectivity index (χ0n) is 10.5. The van der Waals surface area contributed by atoms with E-state index in [0.29, 0.717) is 6.04 Å². The third-order valence-corrected chi connectivity index (χ3v) is 9.29. The van der Waals surface area contributed by atoms with Gasteiger partial charge in [0.2, 0.25) is 0 Å². The lowest BCUT2D eigenvalue weighted by atomic mass is 10.8. The van der Waals surface area contributed by atoms with Gasteiger partial charge in [0.15, 0.2) is 0 Å². The first kappa shape index (κ1) is 14.8. The zero-order valence-corrected chi connectivity index (χ0v) is 12.3. The van der Waals surface area contributed by atoms with Crippen molar-refractivity contribution in [2.24, 2.45) is 4.36 Å². The van der Waals surface area contributed by atoms with Gasteiger partial charge in [0, 0.05) is 28.3 Å². The van der Waals surface area contributed by atoms with Gasteiger partial charge in [-0.1, -0.05) is 38.9 Å². The van der Waals surface area contributed by atoms with Crippen molar-refractivity contribution in [3.05, 3.63) is 0 Å². The SMILES string of the molecule is CC[Si](CC)(CC)CC(=O)N=S(C)(C)=O. The van der Waals surface area contributed by atoms with Crippen LogP contribution < -0.4 is 0 Å². The van der Waals surface area contributed by atoms with E-state index in [0.717, 1.165) is 18.1 Å². The number of carbonyl (C=O) groups is 1. The maximum absolute atomic E-state index is 11.6. The summed E-state index contributed by atoms with van der Waals surface area (Å²) < 4.78 is 15.1. The van der Waals surface area contributed by atoms with E-state index in [4.69, 9.17) is 0 Å². The number of hydrogen-bond acceptors (Lipinski definition) is 2. The van der Waals surface area contributed by atoms with Crippen LogP contribution in [-0.2, 0) is 14.5 Å². The second-order valence-corrected chi connectivity index (χ2v) is 12.4. The standard InChI is InChI=1S/C10H23NO2SSi/c1-6-15(7-2,8-3)9-10(12)11-14(4,5)13/h6-9H2,1-5H3. The van der Waals surface area contributed by atoms with Crippen molar-refractivity contribution in [1.29, 1.82) is 0 Å². The van der Waals surface area contributed by atoms with E-state index in [1.165, 1.54) is 12.5 Å². The van der Waals surface area contributed by atoms with Gasteiger partial charge in [-0.3, -0.25) is 4.79 Å². The second kappa shape index (κ2) is 5.79. The van der Waals surface area contributed by atoms with Crippen molar-refractivity contribution in [1.82, 2.24) is 0 Å². The highest BCUT2D eigenvalue weighted by Gasteiger charge is 2.29. The van der Waals surface area contributed by atoms with Crippen molar-refractivity contribution >= 4 is 23.7 Å². The van der Waals surface area contributed by atoms with Crippen LogP contribution in [0.15, 0.2) is 4.36 Å². The highest BCUT2D eigenvalue weighted by atomic mass is 32.2. The van der Waals surface area contributed by atoms with Crippen LogP contribution in [0.2, 0.25) is 24.2 Å². The number of carbonyl (C=O) groups excluding carboxylic acids is 1. The average Bonchev–Trinajstić information content (AvgIpc) is 2.11. The van der Waals surface area contributed by atoms with E-state index in [1.54, 1.807) is 0 Å². The fourth-order valence-corrected chi connectivity index (χ4v) is 5.36. The van der Waals surface area contributed by atoms with Gasteiger partial charge in [0.1, 0.15) is 0 Å². The van der Waals surface area contributed by atoms with E-state index in [-0.39, 0.29) is 5.91 Å². The zero-order chi connectivity index (χ0) is 12.1. The van der Waals surface area contributed by atoms with E-state index in [2.05, 4.69) is 25.1 Å². The maximum Gasteiger partial charge on any atom is 0.251 e. The van der Waals surface area contributed by atoms with Crippen molar-refractivity contribution in [3.63, 3.8) is 0 Å². The van der Waals surface area contributed by atoms with Gasteiger partial charge >= 0.3 is 0 Å². The molecule has 15 heavy (non-hydrogen) atoms.